The number of para-hydroxylation sites is 1. The lowest BCUT2D eigenvalue weighted by Crippen LogP contribution is -2.01. The quantitative estimate of drug-likeness (QED) is 0.772. The summed E-state index contributed by atoms with van der Waals surface area (Å²) in [5.74, 6) is 0. The molecule has 3 rings (SSSR count). The first-order chi connectivity index (χ1) is 10.3. The third-order valence-electron chi connectivity index (χ3n) is 3.79. The first-order valence-electron chi connectivity index (χ1n) is 7.40. The van der Waals surface area contributed by atoms with Crippen molar-refractivity contribution in [3.05, 3.63) is 77.5 Å². The van der Waals surface area contributed by atoms with E-state index in [1.54, 1.807) is 6.20 Å². The van der Waals surface area contributed by atoms with E-state index in [-0.39, 0.29) is 0 Å². The first-order valence-corrected chi connectivity index (χ1v) is 7.40. The van der Waals surface area contributed by atoms with Gasteiger partial charge in [0.25, 0.3) is 0 Å². The number of hydrogen-bond acceptors (Lipinski definition) is 2. The summed E-state index contributed by atoms with van der Waals surface area (Å²) in [7, 11) is 0. The van der Waals surface area contributed by atoms with Crippen LogP contribution in [-0.4, -0.2) is 10.1 Å². The van der Waals surface area contributed by atoms with E-state index in [0.29, 0.717) is 0 Å². The van der Waals surface area contributed by atoms with Crippen LogP contribution in [0.5, 0.6) is 0 Å². The number of aromatic nitrogens is 1. The van der Waals surface area contributed by atoms with Crippen molar-refractivity contribution in [2.75, 3.05) is 0 Å². The Morgan fingerprint density at radius 1 is 1.00 bits per heavy atom. The second kappa shape index (κ2) is 6.06. The minimum atomic E-state index is -0.640. The van der Waals surface area contributed by atoms with Crippen molar-refractivity contribution in [1.29, 1.82) is 0 Å². The van der Waals surface area contributed by atoms with E-state index < -0.39 is 6.10 Å². The molecule has 0 saturated carbocycles. The van der Waals surface area contributed by atoms with Gasteiger partial charge in [-0.15, -0.1) is 0 Å². The van der Waals surface area contributed by atoms with Crippen LogP contribution < -0.4 is 0 Å². The lowest BCUT2D eigenvalue weighted by atomic mass is 9.97. The van der Waals surface area contributed by atoms with Crippen LogP contribution in [0.4, 0.5) is 0 Å². The summed E-state index contributed by atoms with van der Waals surface area (Å²) < 4.78 is 0. The highest BCUT2D eigenvalue weighted by Crippen LogP contribution is 2.27. The molecule has 2 aromatic carbocycles. The van der Waals surface area contributed by atoms with Crippen LogP contribution in [-0.2, 0) is 6.42 Å². The molecule has 0 aliphatic carbocycles. The summed E-state index contributed by atoms with van der Waals surface area (Å²) in [4.78, 5) is 4.41. The lowest BCUT2D eigenvalue weighted by Gasteiger charge is -2.14. The molecule has 1 aromatic heterocycles. The van der Waals surface area contributed by atoms with Gasteiger partial charge in [-0.1, -0.05) is 61.9 Å². The number of aryl methyl sites for hydroxylation is 1. The van der Waals surface area contributed by atoms with Gasteiger partial charge in [-0.3, -0.25) is 4.98 Å². The molecule has 1 heterocycles. The highest BCUT2D eigenvalue weighted by atomic mass is 16.3. The second-order valence-corrected chi connectivity index (χ2v) is 5.32. The molecule has 21 heavy (non-hydrogen) atoms. The Morgan fingerprint density at radius 2 is 1.76 bits per heavy atom. The van der Waals surface area contributed by atoms with Crippen LogP contribution >= 0.6 is 0 Å². The Kier molecular flexibility index (Phi) is 3.98. The normalized spacial score (nSPS) is 12.5. The number of benzene rings is 2. The number of aliphatic hydroxyl groups is 1. The van der Waals surface area contributed by atoms with E-state index in [4.69, 9.17) is 0 Å². The van der Waals surface area contributed by atoms with Crippen molar-refractivity contribution in [3.8, 4) is 0 Å². The van der Waals surface area contributed by atoms with Gasteiger partial charge in [0.05, 0.1) is 5.52 Å². The highest BCUT2D eigenvalue weighted by molar-refractivity contribution is 5.82. The Morgan fingerprint density at radius 3 is 2.52 bits per heavy atom. The van der Waals surface area contributed by atoms with E-state index in [2.05, 4.69) is 24.0 Å². The van der Waals surface area contributed by atoms with Crippen LogP contribution in [0.3, 0.4) is 0 Å². The molecule has 0 amide bonds. The standard InChI is InChI=1S/C19H19NO/c1-2-5-14-9-11-16(12-10-14)19(21)17-8-3-6-15-7-4-13-20-18(15)17/h3-4,6-13,19,21H,2,5H2,1H3. The number of aliphatic hydroxyl groups excluding tert-OH is 1. The minimum Gasteiger partial charge on any atom is -0.384 e. The second-order valence-electron chi connectivity index (χ2n) is 5.32. The predicted octanol–water partition coefficient (Wildman–Crippen LogP) is 4.27. The fourth-order valence-electron chi connectivity index (χ4n) is 2.68. The van der Waals surface area contributed by atoms with Gasteiger partial charge in [-0.2, -0.15) is 0 Å². The molecular weight excluding hydrogens is 258 g/mol. The fraction of sp³-hybridized carbons (Fsp3) is 0.211. The van der Waals surface area contributed by atoms with Gasteiger partial charge >= 0.3 is 0 Å². The topological polar surface area (TPSA) is 33.1 Å². The molecule has 2 nitrogen and oxygen atoms in total. The molecule has 106 valence electrons. The van der Waals surface area contributed by atoms with Crippen LogP contribution in [0.15, 0.2) is 60.8 Å². The fourth-order valence-corrected chi connectivity index (χ4v) is 2.68. The molecule has 0 saturated heterocycles. The molecule has 0 bridgehead atoms. The van der Waals surface area contributed by atoms with Gasteiger partial charge in [0.15, 0.2) is 0 Å². The Bertz CT molecular complexity index is 729. The van der Waals surface area contributed by atoms with Crippen molar-refractivity contribution in [2.24, 2.45) is 0 Å². The summed E-state index contributed by atoms with van der Waals surface area (Å²) in [6, 6.07) is 18.1. The van der Waals surface area contributed by atoms with Gasteiger partial charge in [-0.25, -0.2) is 0 Å². The third kappa shape index (κ3) is 2.81. The molecule has 1 atom stereocenters. The van der Waals surface area contributed by atoms with Crippen LogP contribution in [0.25, 0.3) is 10.9 Å². The molecule has 0 spiro atoms. The number of nitrogens with zero attached hydrogens (tertiary/aromatic N) is 1. The van der Waals surface area contributed by atoms with E-state index >= 15 is 0 Å². The number of hydrogen-bond donors (Lipinski definition) is 1. The molecule has 0 aliphatic heterocycles. The summed E-state index contributed by atoms with van der Waals surface area (Å²) in [5.41, 5.74) is 3.94. The summed E-state index contributed by atoms with van der Waals surface area (Å²) in [6.45, 7) is 2.17. The van der Waals surface area contributed by atoms with E-state index in [0.717, 1.165) is 34.9 Å². The maximum Gasteiger partial charge on any atom is 0.106 e. The SMILES string of the molecule is CCCc1ccc(C(O)c2cccc3cccnc23)cc1. The number of pyridine rings is 1. The Balaban J connectivity index is 1.98. The van der Waals surface area contributed by atoms with Crippen molar-refractivity contribution < 1.29 is 5.11 Å². The summed E-state index contributed by atoms with van der Waals surface area (Å²) in [6.07, 6.45) is 3.34. The van der Waals surface area contributed by atoms with E-state index in [9.17, 15) is 5.11 Å². The zero-order valence-electron chi connectivity index (χ0n) is 12.2. The summed E-state index contributed by atoms with van der Waals surface area (Å²) >= 11 is 0. The van der Waals surface area contributed by atoms with E-state index in [1.165, 1.54) is 5.56 Å². The molecule has 1 N–H and O–H groups in total. The van der Waals surface area contributed by atoms with Crippen molar-refractivity contribution >= 4 is 10.9 Å². The predicted molar refractivity (Wildman–Crippen MR) is 86.2 cm³/mol. The number of rotatable bonds is 4. The van der Waals surface area contributed by atoms with Crippen molar-refractivity contribution in [3.63, 3.8) is 0 Å². The first kappa shape index (κ1) is 13.8. The van der Waals surface area contributed by atoms with Gasteiger partial charge in [0.1, 0.15) is 6.10 Å². The lowest BCUT2D eigenvalue weighted by molar-refractivity contribution is 0.221. The zero-order chi connectivity index (χ0) is 14.7. The largest absolute Gasteiger partial charge is 0.384 e. The minimum absolute atomic E-state index is 0.640. The maximum atomic E-state index is 10.7. The molecule has 0 radical (unpaired) electrons. The van der Waals surface area contributed by atoms with Gasteiger partial charge in [0, 0.05) is 17.1 Å². The maximum absolute atomic E-state index is 10.7. The molecule has 2 heteroatoms. The molecule has 0 fully saturated rings. The monoisotopic (exact) mass is 277 g/mol. The van der Waals surface area contributed by atoms with Gasteiger partial charge in [-0.05, 0) is 23.6 Å². The van der Waals surface area contributed by atoms with Gasteiger partial charge < -0.3 is 5.11 Å². The zero-order valence-corrected chi connectivity index (χ0v) is 12.2. The Labute approximate surface area is 125 Å². The molecule has 0 aliphatic rings. The van der Waals surface area contributed by atoms with Crippen molar-refractivity contribution in [1.82, 2.24) is 4.98 Å². The average molecular weight is 277 g/mol. The van der Waals surface area contributed by atoms with Crippen LogP contribution in [0.1, 0.15) is 36.1 Å². The molecule has 3 aromatic rings. The summed E-state index contributed by atoms with van der Waals surface area (Å²) in [5, 5.41) is 11.7. The average Bonchev–Trinajstić information content (AvgIpc) is 2.55. The molecule has 1 unspecified atom stereocenters. The highest BCUT2D eigenvalue weighted by Gasteiger charge is 2.14. The van der Waals surface area contributed by atoms with Gasteiger partial charge in [0.2, 0.25) is 0 Å². The van der Waals surface area contributed by atoms with Crippen molar-refractivity contribution in [2.45, 2.75) is 25.9 Å². The van der Waals surface area contributed by atoms with Crippen LogP contribution in [0, 0.1) is 0 Å². The van der Waals surface area contributed by atoms with E-state index in [1.807, 2.05) is 42.5 Å². The van der Waals surface area contributed by atoms with Crippen LogP contribution in [0.2, 0.25) is 0 Å². The third-order valence-corrected chi connectivity index (χ3v) is 3.79. The smallest absolute Gasteiger partial charge is 0.106 e. The Hall–Kier alpha value is -2.19. The number of fused-ring (bicyclic) bond motifs is 1. The molecular formula is C19H19NO.